The van der Waals surface area contributed by atoms with E-state index >= 15 is 0 Å². The van der Waals surface area contributed by atoms with Crippen molar-refractivity contribution in [3.05, 3.63) is 46.2 Å². The van der Waals surface area contributed by atoms with E-state index in [4.69, 9.17) is 15.7 Å². The van der Waals surface area contributed by atoms with Crippen molar-refractivity contribution in [1.29, 1.82) is 0 Å². The summed E-state index contributed by atoms with van der Waals surface area (Å²) >= 11 is 1.47. The fourth-order valence-electron chi connectivity index (χ4n) is 1.66. The van der Waals surface area contributed by atoms with E-state index < -0.39 is 0 Å². The molecule has 1 heterocycles. The lowest BCUT2D eigenvalue weighted by atomic mass is 10.2. The fraction of sp³-hybridized carbons (Fsp3) is 0.143. The van der Waals surface area contributed by atoms with Crippen LogP contribution in [0.4, 0.5) is 5.69 Å². The van der Waals surface area contributed by atoms with E-state index in [1.165, 1.54) is 11.3 Å². The quantitative estimate of drug-likeness (QED) is 0.342. The molecule has 0 fully saturated rings. The zero-order valence-electron chi connectivity index (χ0n) is 11.4. The van der Waals surface area contributed by atoms with E-state index in [1.54, 1.807) is 29.6 Å². The largest absolute Gasteiger partial charge is 0.483 e. The number of hydrogen-bond donors (Lipinski definition) is 3. The minimum atomic E-state index is -0.200. The second-order valence-electron chi connectivity index (χ2n) is 4.30. The molecule has 0 radical (unpaired) electrons. The number of anilines is 1. The Balaban J connectivity index is 2.13. The first-order chi connectivity index (χ1) is 10.1. The van der Waals surface area contributed by atoms with Crippen molar-refractivity contribution in [1.82, 2.24) is 0 Å². The smallest absolute Gasteiger partial charge is 0.256 e. The van der Waals surface area contributed by atoms with Crippen molar-refractivity contribution in [2.24, 2.45) is 10.9 Å². The number of para-hydroxylation sites is 2. The van der Waals surface area contributed by atoms with Gasteiger partial charge in [-0.25, -0.2) is 0 Å². The van der Waals surface area contributed by atoms with E-state index in [2.05, 4.69) is 10.5 Å². The Morgan fingerprint density at radius 1 is 1.43 bits per heavy atom. The molecule has 2 rings (SSSR count). The lowest BCUT2D eigenvalue weighted by Gasteiger charge is -2.11. The fourth-order valence-corrected chi connectivity index (χ4v) is 2.49. The summed E-state index contributed by atoms with van der Waals surface area (Å²) in [5.74, 6) is 0.198. The summed E-state index contributed by atoms with van der Waals surface area (Å²) in [4.78, 5) is 12.2. The molecule has 0 aliphatic carbocycles. The number of nitrogens with one attached hydrogen (secondary N) is 1. The van der Waals surface area contributed by atoms with Crippen LogP contribution in [0.15, 0.2) is 40.2 Å². The number of carbonyl (C=O) groups excluding carboxylic acids is 1. The first kappa shape index (κ1) is 14.9. The van der Waals surface area contributed by atoms with Gasteiger partial charge in [0.15, 0.2) is 5.84 Å². The Kier molecular flexibility index (Phi) is 4.78. The number of oxime groups is 1. The topological polar surface area (TPSA) is 96.9 Å². The highest BCUT2D eigenvalue weighted by molar-refractivity contribution is 7.08. The van der Waals surface area contributed by atoms with Crippen molar-refractivity contribution < 1.29 is 14.7 Å². The third kappa shape index (κ3) is 3.73. The molecule has 0 bridgehead atoms. The average molecular weight is 305 g/mol. The molecule has 1 aromatic carbocycles. The molecule has 7 heteroatoms. The molecule has 110 valence electrons. The van der Waals surface area contributed by atoms with Crippen LogP contribution >= 0.6 is 11.3 Å². The van der Waals surface area contributed by atoms with Gasteiger partial charge in [-0.1, -0.05) is 17.3 Å². The third-order valence-corrected chi connectivity index (χ3v) is 3.60. The third-order valence-electron chi connectivity index (χ3n) is 2.74. The van der Waals surface area contributed by atoms with Gasteiger partial charge in [0.1, 0.15) is 12.4 Å². The van der Waals surface area contributed by atoms with E-state index in [-0.39, 0.29) is 18.3 Å². The van der Waals surface area contributed by atoms with Crippen LogP contribution in [0.5, 0.6) is 5.75 Å². The SMILES string of the molecule is Cc1cscc1C(=O)Nc1ccccc1OCC(N)=NO. The van der Waals surface area contributed by atoms with Crippen molar-refractivity contribution in [3.63, 3.8) is 0 Å². The first-order valence-corrected chi connectivity index (χ1v) is 7.08. The van der Waals surface area contributed by atoms with Crippen molar-refractivity contribution in [3.8, 4) is 5.75 Å². The standard InChI is InChI=1S/C14H15N3O3S/c1-9-7-21-8-10(9)14(18)16-11-4-2-3-5-12(11)20-6-13(15)17-19/h2-5,7-8,19H,6H2,1H3,(H2,15,17)(H,16,18). The summed E-state index contributed by atoms with van der Waals surface area (Å²) in [6, 6.07) is 6.97. The molecule has 0 saturated heterocycles. The summed E-state index contributed by atoms with van der Waals surface area (Å²) in [6.07, 6.45) is 0. The van der Waals surface area contributed by atoms with Gasteiger partial charge in [-0.3, -0.25) is 4.79 Å². The van der Waals surface area contributed by atoms with Crippen LogP contribution in [-0.4, -0.2) is 23.6 Å². The maximum atomic E-state index is 12.2. The molecule has 0 spiro atoms. The number of nitrogens with two attached hydrogens (primary N) is 1. The van der Waals surface area contributed by atoms with E-state index in [9.17, 15) is 4.79 Å². The number of benzene rings is 1. The van der Waals surface area contributed by atoms with E-state index in [0.29, 0.717) is 17.0 Å². The summed E-state index contributed by atoms with van der Waals surface area (Å²) in [7, 11) is 0. The molecular formula is C14H15N3O3S. The molecule has 21 heavy (non-hydrogen) atoms. The van der Waals surface area contributed by atoms with E-state index in [0.717, 1.165) is 5.56 Å². The predicted molar refractivity (Wildman–Crippen MR) is 82.4 cm³/mol. The van der Waals surface area contributed by atoms with Gasteiger partial charge < -0.3 is 21.0 Å². The number of carbonyl (C=O) groups is 1. The summed E-state index contributed by atoms with van der Waals surface area (Å²) < 4.78 is 5.41. The second-order valence-corrected chi connectivity index (χ2v) is 5.04. The highest BCUT2D eigenvalue weighted by atomic mass is 32.1. The molecule has 4 N–H and O–H groups in total. The van der Waals surface area contributed by atoms with Gasteiger partial charge in [0.25, 0.3) is 5.91 Å². The van der Waals surface area contributed by atoms with Crippen LogP contribution < -0.4 is 15.8 Å². The van der Waals surface area contributed by atoms with Crippen LogP contribution in [0.1, 0.15) is 15.9 Å². The number of nitrogens with zero attached hydrogens (tertiary/aromatic N) is 1. The zero-order chi connectivity index (χ0) is 15.2. The van der Waals surface area contributed by atoms with Gasteiger partial charge in [0.05, 0.1) is 11.3 Å². The highest BCUT2D eigenvalue weighted by Crippen LogP contribution is 2.25. The molecule has 0 aliphatic rings. The molecule has 6 nitrogen and oxygen atoms in total. The van der Waals surface area contributed by atoms with Crippen molar-refractivity contribution in [2.45, 2.75) is 6.92 Å². The van der Waals surface area contributed by atoms with Gasteiger partial charge in [0.2, 0.25) is 0 Å². The number of amidine groups is 1. The van der Waals surface area contributed by atoms with Crippen molar-refractivity contribution in [2.75, 3.05) is 11.9 Å². The van der Waals surface area contributed by atoms with Gasteiger partial charge in [-0.05, 0) is 30.0 Å². The average Bonchev–Trinajstić information content (AvgIpc) is 2.92. The maximum Gasteiger partial charge on any atom is 0.256 e. The molecule has 0 atom stereocenters. The minimum absolute atomic E-state index is 0.0511. The Hall–Kier alpha value is -2.54. The Morgan fingerprint density at radius 3 is 2.86 bits per heavy atom. The second kappa shape index (κ2) is 6.76. The molecule has 1 amide bonds. The number of ether oxygens (including phenoxy) is 1. The van der Waals surface area contributed by atoms with Crippen molar-refractivity contribution >= 4 is 28.8 Å². The van der Waals surface area contributed by atoms with Gasteiger partial charge in [-0.2, -0.15) is 11.3 Å². The van der Waals surface area contributed by atoms with Crippen LogP contribution in [-0.2, 0) is 0 Å². The molecular weight excluding hydrogens is 290 g/mol. The maximum absolute atomic E-state index is 12.2. The van der Waals surface area contributed by atoms with Gasteiger partial charge >= 0.3 is 0 Å². The number of amides is 1. The number of hydrogen-bond acceptors (Lipinski definition) is 5. The molecule has 1 aromatic heterocycles. The molecule has 0 unspecified atom stereocenters. The van der Waals surface area contributed by atoms with Gasteiger partial charge in [0, 0.05) is 5.38 Å². The lowest BCUT2D eigenvalue weighted by molar-refractivity contribution is 0.102. The highest BCUT2D eigenvalue weighted by Gasteiger charge is 2.12. The predicted octanol–water partition coefficient (Wildman–Crippen LogP) is 2.43. The zero-order valence-corrected chi connectivity index (χ0v) is 12.2. The van der Waals surface area contributed by atoms with Crippen LogP contribution in [0.25, 0.3) is 0 Å². The summed E-state index contributed by atoms with van der Waals surface area (Å²) in [6.45, 7) is 1.81. The van der Waals surface area contributed by atoms with Crippen LogP contribution in [0, 0.1) is 6.92 Å². The monoisotopic (exact) mass is 305 g/mol. The molecule has 0 aliphatic heterocycles. The lowest BCUT2D eigenvalue weighted by Crippen LogP contribution is -2.21. The Morgan fingerprint density at radius 2 is 2.19 bits per heavy atom. The van der Waals surface area contributed by atoms with Crippen LogP contribution in [0.3, 0.4) is 0 Å². The normalized spacial score (nSPS) is 11.2. The van der Waals surface area contributed by atoms with Crippen LogP contribution in [0.2, 0.25) is 0 Å². The first-order valence-electron chi connectivity index (χ1n) is 6.14. The van der Waals surface area contributed by atoms with Gasteiger partial charge in [-0.15, -0.1) is 0 Å². The van der Waals surface area contributed by atoms with E-state index in [1.807, 2.05) is 12.3 Å². The molecule has 0 saturated carbocycles. The number of thiophene rings is 1. The number of rotatable bonds is 5. The Labute approximate surface area is 125 Å². The molecule has 2 aromatic rings. The minimum Gasteiger partial charge on any atom is -0.483 e. The summed E-state index contributed by atoms with van der Waals surface area (Å²) in [5, 5.41) is 17.8. The Bertz CT molecular complexity index is 667. The number of aryl methyl sites for hydroxylation is 1. The summed E-state index contributed by atoms with van der Waals surface area (Å²) in [5.41, 5.74) is 7.44.